The number of carbonyl (C=O) groups excluding carboxylic acids is 2. The maximum absolute atomic E-state index is 13.0. The van der Waals surface area contributed by atoms with Crippen LogP contribution in [0.2, 0.25) is 0 Å². The van der Waals surface area contributed by atoms with Crippen LogP contribution in [-0.2, 0) is 15.7 Å². The smallest absolute Gasteiger partial charge is 0.416 e. The van der Waals surface area contributed by atoms with Crippen LogP contribution in [0.4, 0.5) is 18.0 Å². The van der Waals surface area contributed by atoms with Gasteiger partial charge in [0.2, 0.25) is 5.91 Å². The summed E-state index contributed by atoms with van der Waals surface area (Å²) < 4.78 is 44.1. The van der Waals surface area contributed by atoms with E-state index in [2.05, 4.69) is 5.32 Å². The summed E-state index contributed by atoms with van der Waals surface area (Å²) in [4.78, 5) is 24.8. The average Bonchev–Trinajstić information content (AvgIpc) is 2.48. The van der Waals surface area contributed by atoms with E-state index in [0.29, 0.717) is 5.56 Å². The van der Waals surface area contributed by atoms with Crippen LogP contribution in [-0.4, -0.2) is 36.1 Å². The standard InChI is InChI=1S/C18H25F3N2O3/c1-12(24)23(5)10-9-15(22-16(25)26-17(2,3)4)13-7-6-8-14(11-13)18(19,20)21/h6-8,11,15H,9-10H2,1-5H3,(H,22,25). The van der Waals surface area contributed by atoms with E-state index < -0.39 is 29.5 Å². The van der Waals surface area contributed by atoms with Crippen molar-refractivity contribution in [1.29, 1.82) is 0 Å². The Hall–Kier alpha value is -2.25. The quantitative estimate of drug-likeness (QED) is 0.843. The van der Waals surface area contributed by atoms with E-state index in [0.717, 1.165) is 12.1 Å². The summed E-state index contributed by atoms with van der Waals surface area (Å²) in [7, 11) is 1.58. The molecule has 2 amide bonds. The molecular formula is C18H25F3N2O3. The van der Waals surface area contributed by atoms with Gasteiger partial charge in [0.1, 0.15) is 5.60 Å². The molecule has 0 fully saturated rings. The Morgan fingerprint density at radius 1 is 1.23 bits per heavy atom. The number of ether oxygens (including phenoxy) is 1. The molecule has 1 aromatic rings. The number of benzene rings is 1. The van der Waals surface area contributed by atoms with Crippen LogP contribution in [0.5, 0.6) is 0 Å². The zero-order valence-electron chi connectivity index (χ0n) is 15.6. The summed E-state index contributed by atoms with van der Waals surface area (Å²) in [5.41, 5.74) is -1.24. The molecule has 0 aromatic heterocycles. The summed E-state index contributed by atoms with van der Waals surface area (Å²) in [5.74, 6) is -0.176. The van der Waals surface area contributed by atoms with Gasteiger partial charge in [0.15, 0.2) is 0 Å². The van der Waals surface area contributed by atoms with Gasteiger partial charge >= 0.3 is 12.3 Å². The number of rotatable bonds is 5. The van der Waals surface area contributed by atoms with Crippen LogP contribution in [0.25, 0.3) is 0 Å². The van der Waals surface area contributed by atoms with Crippen LogP contribution in [0.15, 0.2) is 24.3 Å². The van der Waals surface area contributed by atoms with E-state index in [-0.39, 0.29) is 18.9 Å². The van der Waals surface area contributed by atoms with Crippen molar-refractivity contribution in [2.45, 2.75) is 51.9 Å². The summed E-state index contributed by atoms with van der Waals surface area (Å²) >= 11 is 0. The first-order valence-electron chi connectivity index (χ1n) is 8.18. The lowest BCUT2D eigenvalue weighted by molar-refractivity contribution is -0.137. The zero-order valence-corrected chi connectivity index (χ0v) is 15.6. The molecule has 0 heterocycles. The monoisotopic (exact) mass is 374 g/mol. The van der Waals surface area contributed by atoms with Crippen molar-refractivity contribution in [2.24, 2.45) is 0 Å². The van der Waals surface area contributed by atoms with Gasteiger partial charge in [-0.1, -0.05) is 12.1 Å². The maximum Gasteiger partial charge on any atom is 0.416 e. The zero-order chi connectivity index (χ0) is 20.1. The van der Waals surface area contributed by atoms with E-state index in [1.807, 2.05) is 0 Å². The van der Waals surface area contributed by atoms with Gasteiger partial charge in [-0.25, -0.2) is 4.79 Å². The lowest BCUT2D eigenvalue weighted by Crippen LogP contribution is -2.37. The highest BCUT2D eigenvalue weighted by Gasteiger charge is 2.31. The maximum atomic E-state index is 13.0. The Kier molecular flexibility index (Phi) is 7.06. The molecule has 0 aliphatic heterocycles. The number of amides is 2. The van der Waals surface area contributed by atoms with Crippen molar-refractivity contribution < 1.29 is 27.5 Å². The van der Waals surface area contributed by atoms with Gasteiger partial charge in [-0.2, -0.15) is 13.2 Å². The number of carbonyl (C=O) groups is 2. The highest BCUT2D eigenvalue weighted by Crippen LogP contribution is 2.31. The molecular weight excluding hydrogens is 349 g/mol. The SMILES string of the molecule is CC(=O)N(C)CCC(NC(=O)OC(C)(C)C)c1cccc(C(F)(F)F)c1. The van der Waals surface area contributed by atoms with Gasteiger partial charge in [-0.15, -0.1) is 0 Å². The number of halogens is 3. The van der Waals surface area contributed by atoms with Crippen LogP contribution in [0.3, 0.4) is 0 Å². The summed E-state index contributed by atoms with van der Waals surface area (Å²) in [6.07, 6.45) is -4.97. The number of hydrogen-bond acceptors (Lipinski definition) is 3. The molecule has 1 N–H and O–H groups in total. The van der Waals surface area contributed by atoms with Gasteiger partial charge in [-0.05, 0) is 44.9 Å². The molecule has 1 rings (SSSR count). The van der Waals surface area contributed by atoms with E-state index in [1.54, 1.807) is 27.8 Å². The fourth-order valence-corrected chi connectivity index (χ4v) is 2.18. The first kappa shape index (κ1) is 21.8. The van der Waals surface area contributed by atoms with Gasteiger partial charge in [0.05, 0.1) is 11.6 Å². The van der Waals surface area contributed by atoms with Crippen molar-refractivity contribution in [2.75, 3.05) is 13.6 Å². The van der Waals surface area contributed by atoms with Crippen LogP contribution < -0.4 is 5.32 Å². The van der Waals surface area contributed by atoms with E-state index in [4.69, 9.17) is 4.74 Å². The van der Waals surface area contributed by atoms with Crippen LogP contribution >= 0.6 is 0 Å². The predicted octanol–water partition coefficient (Wildman–Crippen LogP) is 4.14. The topological polar surface area (TPSA) is 58.6 Å². The fourth-order valence-electron chi connectivity index (χ4n) is 2.18. The van der Waals surface area contributed by atoms with Crippen molar-refractivity contribution >= 4 is 12.0 Å². The number of alkyl carbamates (subject to hydrolysis) is 1. The number of alkyl halides is 3. The Morgan fingerprint density at radius 3 is 2.35 bits per heavy atom. The largest absolute Gasteiger partial charge is 0.444 e. The lowest BCUT2D eigenvalue weighted by atomic mass is 10.0. The third-order valence-electron chi connectivity index (χ3n) is 3.60. The van der Waals surface area contributed by atoms with Crippen molar-refractivity contribution in [3.05, 3.63) is 35.4 Å². The third kappa shape index (κ3) is 7.33. The van der Waals surface area contributed by atoms with Crippen LogP contribution in [0, 0.1) is 0 Å². The summed E-state index contributed by atoms with van der Waals surface area (Å²) in [6.45, 7) is 6.73. The Labute approximate surface area is 151 Å². The number of nitrogens with one attached hydrogen (secondary N) is 1. The highest BCUT2D eigenvalue weighted by molar-refractivity contribution is 5.72. The normalized spacial score (nSPS) is 13.1. The predicted molar refractivity (Wildman–Crippen MR) is 91.5 cm³/mol. The molecule has 0 bridgehead atoms. The second kappa shape index (κ2) is 8.42. The van der Waals surface area contributed by atoms with Crippen molar-refractivity contribution in [3.8, 4) is 0 Å². The minimum Gasteiger partial charge on any atom is -0.444 e. The molecule has 0 spiro atoms. The van der Waals surface area contributed by atoms with Gasteiger partial charge in [0.25, 0.3) is 0 Å². The molecule has 5 nitrogen and oxygen atoms in total. The fraction of sp³-hybridized carbons (Fsp3) is 0.556. The molecule has 1 unspecified atom stereocenters. The second-order valence-electron chi connectivity index (χ2n) is 7.05. The third-order valence-corrected chi connectivity index (χ3v) is 3.60. The summed E-state index contributed by atoms with van der Waals surface area (Å²) in [6, 6.07) is 4.03. The van der Waals surface area contributed by atoms with E-state index >= 15 is 0 Å². The minimum absolute atomic E-state index is 0.176. The second-order valence-corrected chi connectivity index (χ2v) is 7.05. The van der Waals surface area contributed by atoms with E-state index in [1.165, 1.54) is 24.0 Å². The highest BCUT2D eigenvalue weighted by atomic mass is 19.4. The van der Waals surface area contributed by atoms with Crippen LogP contribution in [0.1, 0.15) is 51.3 Å². The van der Waals surface area contributed by atoms with Gasteiger partial charge < -0.3 is 15.0 Å². The van der Waals surface area contributed by atoms with Gasteiger partial charge in [0, 0.05) is 20.5 Å². The van der Waals surface area contributed by atoms with Crippen molar-refractivity contribution in [3.63, 3.8) is 0 Å². The molecule has 26 heavy (non-hydrogen) atoms. The summed E-state index contributed by atoms with van der Waals surface area (Å²) in [5, 5.41) is 2.60. The number of hydrogen-bond donors (Lipinski definition) is 1. The Morgan fingerprint density at radius 2 is 1.85 bits per heavy atom. The first-order chi connectivity index (χ1) is 11.8. The van der Waals surface area contributed by atoms with Gasteiger partial charge in [-0.3, -0.25) is 4.79 Å². The average molecular weight is 374 g/mol. The number of nitrogens with zero attached hydrogens (tertiary/aromatic N) is 1. The molecule has 0 saturated carbocycles. The van der Waals surface area contributed by atoms with Crippen molar-refractivity contribution in [1.82, 2.24) is 10.2 Å². The Bertz CT molecular complexity index is 639. The molecule has 0 radical (unpaired) electrons. The molecule has 146 valence electrons. The molecule has 8 heteroatoms. The molecule has 0 saturated heterocycles. The molecule has 1 atom stereocenters. The molecule has 0 aliphatic carbocycles. The minimum atomic E-state index is -4.48. The molecule has 1 aromatic carbocycles. The molecule has 0 aliphatic rings. The first-order valence-corrected chi connectivity index (χ1v) is 8.18. The van der Waals surface area contributed by atoms with E-state index in [9.17, 15) is 22.8 Å². The lowest BCUT2D eigenvalue weighted by Gasteiger charge is -2.26. The Balaban J connectivity index is 3.03.